The maximum absolute atomic E-state index is 12.9. The number of nitrogens with two attached hydrogens (primary N) is 1. The van der Waals surface area contributed by atoms with Crippen molar-refractivity contribution in [2.45, 2.75) is 4.34 Å². The van der Waals surface area contributed by atoms with Gasteiger partial charge in [-0.05, 0) is 0 Å². The van der Waals surface area contributed by atoms with Crippen LogP contribution in [0.5, 0.6) is 0 Å². The molecule has 0 saturated heterocycles. The largest absolute Gasteiger partial charge is 0.374 e. The maximum Gasteiger partial charge on any atom is 0.291 e. The summed E-state index contributed by atoms with van der Waals surface area (Å²) in [6.07, 6.45) is 0. The van der Waals surface area contributed by atoms with Crippen LogP contribution in [0.1, 0.15) is 0 Å². The molecule has 1 aromatic heterocycles. The predicted octanol–water partition coefficient (Wildman–Crippen LogP) is 1.34. The number of hydrogen-bond donors (Lipinski definition) is 2. The first-order chi connectivity index (χ1) is 8.79. The summed E-state index contributed by atoms with van der Waals surface area (Å²) >= 11 is 0.569. The molecule has 0 unspecified atom stereocenters. The van der Waals surface area contributed by atoms with Crippen molar-refractivity contribution in [3.8, 4) is 0 Å². The summed E-state index contributed by atoms with van der Waals surface area (Å²) < 4.78 is 63.4. The number of nitrogens with zero attached hydrogens (tertiary/aromatic N) is 2. The van der Waals surface area contributed by atoms with Gasteiger partial charge in [-0.15, -0.1) is 10.2 Å². The Bertz CT molecular complexity index is 708. The Labute approximate surface area is 109 Å². The first-order valence-electron chi connectivity index (χ1n) is 4.56. The van der Waals surface area contributed by atoms with Gasteiger partial charge in [0.15, 0.2) is 17.5 Å². The Hall–Kier alpha value is -1.88. The van der Waals surface area contributed by atoms with Gasteiger partial charge in [0.25, 0.3) is 14.4 Å². The van der Waals surface area contributed by atoms with E-state index in [1.807, 2.05) is 4.72 Å². The van der Waals surface area contributed by atoms with Crippen molar-refractivity contribution in [1.29, 1.82) is 0 Å². The van der Waals surface area contributed by atoms with Gasteiger partial charge < -0.3 is 5.73 Å². The second kappa shape index (κ2) is 4.66. The van der Waals surface area contributed by atoms with E-state index in [4.69, 9.17) is 5.73 Å². The van der Waals surface area contributed by atoms with E-state index in [0.29, 0.717) is 23.5 Å². The number of hydrogen-bond acceptors (Lipinski definition) is 6. The lowest BCUT2D eigenvalue weighted by Gasteiger charge is -2.05. The monoisotopic (exact) mass is 310 g/mol. The van der Waals surface area contributed by atoms with Gasteiger partial charge in [0.1, 0.15) is 0 Å². The highest BCUT2D eigenvalue weighted by molar-refractivity contribution is 7.94. The van der Waals surface area contributed by atoms with Crippen molar-refractivity contribution in [2.24, 2.45) is 0 Å². The highest BCUT2D eigenvalue weighted by Crippen LogP contribution is 2.23. The molecule has 3 N–H and O–H groups in total. The van der Waals surface area contributed by atoms with Crippen LogP contribution < -0.4 is 10.5 Å². The zero-order valence-corrected chi connectivity index (χ0v) is 10.5. The summed E-state index contributed by atoms with van der Waals surface area (Å²) in [5.41, 5.74) is 4.74. The molecule has 0 saturated carbocycles. The van der Waals surface area contributed by atoms with E-state index in [1.54, 1.807) is 0 Å². The summed E-state index contributed by atoms with van der Waals surface area (Å²) in [5, 5.41) is 6.48. The predicted molar refractivity (Wildman–Crippen MR) is 61.4 cm³/mol. The summed E-state index contributed by atoms with van der Waals surface area (Å²) in [7, 11) is -4.18. The average molecular weight is 310 g/mol. The fourth-order valence-corrected chi connectivity index (χ4v) is 2.97. The van der Waals surface area contributed by atoms with Crippen LogP contribution in [-0.2, 0) is 10.0 Å². The third kappa shape index (κ3) is 2.76. The Morgan fingerprint density at radius 3 is 2.21 bits per heavy atom. The van der Waals surface area contributed by atoms with Gasteiger partial charge in [0, 0.05) is 12.1 Å². The van der Waals surface area contributed by atoms with Crippen molar-refractivity contribution in [2.75, 3.05) is 10.5 Å². The fraction of sp³-hybridized carbons (Fsp3) is 0. The van der Waals surface area contributed by atoms with Crippen LogP contribution in [0.3, 0.4) is 0 Å². The molecule has 6 nitrogen and oxygen atoms in total. The van der Waals surface area contributed by atoms with Crippen LogP contribution in [0.4, 0.5) is 24.0 Å². The van der Waals surface area contributed by atoms with Crippen LogP contribution in [0.15, 0.2) is 16.5 Å². The molecule has 0 amide bonds. The van der Waals surface area contributed by atoms with E-state index in [0.717, 1.165) is 0 Å². The zero-order chi connectivity index (χ0) is 14.2. The molecule has 0 radical (unpaired) electrons. The molecule has 0 aliphatic rings. The van der Waals surface area contributed by atoms with Crippen LogP contribution in [-0.4, -0.2) is 18.6 Å². The normalized spacial score (nSPS) is 11.5. The molecule has 1 aromatic carbocycles. The molecule has 0 aliphatic heterocycles. The third-order valence-corrected chi connectivity index (χ3v) is 4.39. The second-order valence-corrected chi connectivity index (χ2v) is 6.13. The Balaban J connectivity index is 2.36. The van der Waals surface area contributed by atoms with E-state index in [2.05, 4.69) is 10.2 Å². The molecule has 1 heterocycles. The van der Waals surface area contributed by atoms with Gasteiger partial charge >= 0.3 is 0 Å². The smallest absolute Gasteiger partial charge is 0.291 e. The van der Waals surface area contributed by atoms with E-state index in [1.165, 1.54) is 0 Å². The quantitative estimate of drug-likeness (QED) is 0.834. The average Bonchev–Trinajstić information content (AvgIpc) is 2.73. The standard InChI is InChI=1S/C8H5F3N4O2S2/c9-4-1-3(2-5(10)6(4)11)15-19(16,17)8-14-13-7(12)18-8/h1-2,15H,(H2,12,13). The summed E-state index contributed by atoms with van der Waals surface area (Å²) in [6.45, 7) is 0. The molecule has 0 bridgehead atoms. The first kappa shape index (κ1) is 13.5. The molecule has 19 heavy (non-hydrogen) atoms. The topological polar surface area (TPSA) is 98.0 Å². The summed E-state index contributed by atoms with van der Waals surface area (Å²) in [4.78, 5) is 0. The maximum atomic E-state index is 12.9. The number of nitrogens with one attached hydrogen (secondary N) is 1. The van der Waals surface area contributed by atoms with Crippen LogP contribution in [0, 0.1) is 17.5 Å². The molecule has 0 atom stereocenters. The number of sulfonamides is 1. The Morgan fingerprint density at radius 2 is 1.74 bits per heavy atom. The van der Waals surface area contributed by atoms with Crippen molar-refractivity contribution in [3.05, 3.63) is 29.6 Å². The number of benzene rings is 1. The van der Waals surface area contributed by atoms with Gasteiger partial charge in [-0.2, -0.15) is 8.42 Å². The lowest BCUT2D eigenvalue weighted by atomic mass is 10.3. The lowest BCUT2D eigenvalue weighted by Crippen LogP contribution is -2.13. The SMILES string of the molecule is Nc1nnc(S(=O)(=O)Nc2cc(F)c(F)c(F)c2)s1. The minimum absolute atomic E-state index is 0.0863. The molecular formula is C8H5F3N4O2S2. The van der Waals surface area contributed by atoms with Gasteiger partial charge in [-0.3, -0.25) is 4.72 Å². The van der Waals surface area contributed by atoms with Gasteiger partial charge in [-0.1, -0.05) is 11.3 Å². The van der Waals surface area contributed by atoms with Gasteiger partial charge in [0.2, 0.25) is 5.13 Å². The fourth-order valence-electron chi connectivity index (χ4n) is 1.14. The number of halogens is 3. The highest BCUT2D eigenvalue weighted by atomic mass is 32.2. The Morgan fingerprint density at radius 1 is 1.16 bits per heavy atom. The molecule has 2 aromatic rings. The van der Waals surface area contributed by atoms with Crippen molar-refractivity contribution < 1.29 is 21.6 Å². The number of aromatic nitrogens is 2. The molecule has 0 fully saturated rings. The number of rotatable bonds is 3. The van der Waals surface area contributed by atoms with Crippen molar-refractivity contribution >= 4 is 32.2 Å². The first-order valence-corrected chi connectivity index (χ1v) is 6.86. The molecule has 0 spiro atoms. The van der Waals surface area contributed by atoms with E-state index in [9.17, 15) is 21.6 Å². The number of anilines is 2. The van der Waals surface area contributed by atoms with E-state index >= 15 is 0 Å². The van der Waals surface area contributed by atoms with Crippen LogP contribution in [0.25, 0.3) is 0 Å². The third-order valence-electron chi connectivity index (χ3n) is 1.89. The van der Waals surface area contributed by atoms with E-state index < -0.39 is 37.5 Å². The van der Waals surface area contributed by atoms with Gasteiger partial charge in [-0.25, -0.2) is 13.2 Å². The summed E-state index contributed by atoms with van der Waals surface area (Å²) in [5.74, 6) is -4.73. The molecule has 2 rings (SSSR count). The van der Waals surface area contributed by atoms with Crippen LogP contribution in [0.2, 0.25) is 0 Å². The second-order valence-electron chi connectivity index (χ2n) is 3.27. The van der Waals surface area contributed by atoms with Gasteiger partial charge in [0.05, 0.1) is 5.69 Å². The molecular weight excluding hydrogens is 305 g/mol. The lowest BCUT2D eigenvalue weighted by molar-refractivity contribution is 0.448. The minimum atomic E-state index is -4.18. The Kier molecular flexibility index (Phi) is 3.32. The number of nitrogen functional groups attached to an aromatic ring is 1. The zero-order valence-electron chi connectivity index (χ0n) is 8.89. The van der Waals surface area contributed by atoms with Crippen LogP contribution >= 0.6 is 11.3 Å². The molecule has 0 aliphatic carbocycles. The van der Waals surface area contributed by atoms with Crippen molar-refractivity contribution in [1.82, 2.24) is 10.2 Å². The van der Waals surface area contributed by atoms with Crippen molar-refractivity contribution in [3.63, 3.8) is 0 Å². The summed E-state index contributed by atoms with van der Waals surface area (Å²) in [6, 6.07) is 1.00. The van der Waals surface area contributed by atoms with E-state index in [-0.39, 0.29) is 5.13 Å². The molecule has 11 heteroatoms. The minimum Gasteiger partial charge on any atom is -0.374 e. The highest BCUT2D eigenvalue weighted by Gasteiger charge is 2.21. The molecule has 102 valence electrons.